The Morgan fingerprint density at radius 3 is 2.25 bits per heavy atom. The summed E-state index contributed by atoms with van der Waals surface area (Å²) in [6.07, 6.45) is -0.320. The number of carboxylic acids is 1. The van der Waals surface area contributed by atoms with E-state index in [-0.39, 0.29) is 33.7 Å². The van der Waals surface area contributed by atoms with Crippen LogP contribution in [-0.4, -0.2) is 37.4 Å². The molecule has 0 aliphatic heterocycles. The number of nitrogens with one attached hydrogen (secondary N) is 1. The average Bonchev–Trinajstić information content (AvgIpc) is 2.30. The molecule has 10 heteroatoms. The predicted molar refractivity (Wildman–Crippen MR) is 78.9 cm³/mol. The van der Waals surface area contributed by atoms with Gasteiger partial charge < -0.3 is 5.11 Å². The molecule has 0 fully saturated rings. The Bertz CT molecular complexity index is 598. The summed E-state index contributed by atoms with van der Waals surface area (Å²) in [5.74, 6) is -1.10. The molecule has 0 atom stereocenters. The molecule has 112 valence electrons. The molecular formula is C10H11Cl3N2O4S. The van der Waals surface area contributed by atoms with Crippen LogP contribution in [0.25, 0.3) is 0 Å². The van der Waals surface area contributed by atoms with E-state index >= 15 is 0 Å². The highest BCUT2D eigenvalue weighted by atomic mass is 35.5. The van der Waals surface area contributed by atoms with Crippen LogP contribution in [0.4, 0.5) is 5.69 Å². The highest BCUT2D eigenvalue weighted by Gasteiger charge is 2.21. The Morgan fingerprint density at radius 1 is 1.30 bits per heavy atom. The molecule has 0 aliphatic rings. The minimum atomic E-state index is -3.96. The van der Waals surface area contributed by atoms with Crippen molar-refractivity contribution < 1.29 is 18.3 Å². The lowest BCUT2D eigenvalue weighted by molar-refractivity contribution is -0.137. The molecule has 1 aromatic carbocycles. The Morgan fingerprint density at radius 2 is 1.80 bits per heavy atom. The molecule has 0 saturated heterocycles. The second-order valence-corrected chi connectivity index (χ2v) is 6.85. The van der Waals surface area contributed by atoms with Crippen molar-refractivity contribution in [3.8, 4) is 0 Å². The fourth-order valence-electron chi connectivity index (χ4n) is 1.22. The first-order chi connectivity index (χ1) is 9.13. The number of carbonyl (C=O) groups is 1. The van der Waals surface area contributed by atoms with Crippen LogP contribution in [0, 0.1) is 0 Å². The SMILES string of the molecule is CN(CCC(=O)O)S(=O)(=O)Nc1c(Cl)cc(Cl)cc1Cl. The van der Waals surface area contributed by atoms with E-state index in [9.17, 15) is 13.2 Å². The third-order valence-corrected chi connectivity index (χ3v) is 4.57. The van der Waals surface area contributed by atoms with Crippen molar-refractivity contribution in [2.24, 2.45) is 0 Å². The van der Waals surface area contributed by atoms with E-state index < -0.39 is 16.2 Å². The van der Waals surface area contributed by atoms with Crippen LogP contribution in [0.1, 0.15) is 6.42 Å². The second kappa shape index (κ2) is 6.82. The lowest BCUT2D eigenvalue weighted by Crippen LogP contribution is -2.34. The Labute approximate surface area is 131 Å². The van der Waals surface area contributed by atoms with Gasteiger partial charge in [-0.3, -0.25) is 9.52 Å². The van der Waals surface area contributed by atoms with Crippen LogP contribution in [0.5, 0.6) is 0 Å². The summed E-state index contributed by atoms with van der Waals surface area (Å²) < 4.78 is 27.0. The van der Waals surface area contributed by atoms with E-state index in [0.29, 0.717) is 0 Å². The number of benzene rings is 1. The van der Waals surface area contributed by atoms with Gasteiger partial charge in [-0.1, -0.05) is 34.8 Å². The highest BCUT2D eigenvalue weighted by molar-refractivity contribution is 7.90. The normalized spacial score (nSPS) is 11.7. The standard InChI is InChI=1S/C10H11Cl3N2O4S/c1-15(3-2-9(16)17)20(18,19)14-10-7(12)4-6(11)5-8(10)13/h4-5,14H,2-3H2,1H3,(H,16,17). The van der Waals surface area contributed by atoms with Gasteiger partial charge in [-0.05, 0) is 12.1 Å². The molecule has 6 nitrogen and oxygen atoms in total. The van der Waals surface area contributed by atoms with Gasteiger partial charge in [0.2, 0.25) is 0 Å². The van der Waals surface area contributed by atoms with Crippen molar-refractivity contribution in [2.45, 2.75) is 6.42 Å². The number of anilines is 1. The van der Waals surface area contributed by atoms with Gasteiger partial charge in [0.05, 0.1) is 22.2 Å². The maximum absolute atomic E-state index is 12.0. The summed E-state index contributed by atoms with van der Waals surface area (Å²) in [5, 5.41) is 8.88. The van der Waals surface area contributed by atoms with Crippen molar-refractivity contribution in [1.82, 2.24) is 4.31 Å². The van der Waals surface area contributed by atoms with Crippen molar-refractivity contribution >= 4 is 56.7 Å². The Kier molecular flexibility index (Phi) is 5.91. The first-order valence-electron chi connectivity index (χ1n) is 5.24. The number of rotatable bonds is 6. The van der Waals surface area contributed by atoms with Crippen molar-refractivity contribution in [3.63, 3.8) is 0 Å². The molecule has 0 aromatic heterocycles. The number of aliphatic carboxylic acids is 1. The summed E-state index contributed by atoms with van der Waals surface area (Å²) >= 11 is 17.4. The molecule has 1 aromatic rings. The number of nitrogens with zero attached hydrogens (tertiary/aromatic N) is 1. The topological polar surface area (TPSA) is 86.7 Å². The van der Waals surface area contributed by atoms with Crippen LogP contribution in [0.2, 0.25) is 15.1 Å². The largest absolute Gasteiger partial charge is 0.481 e. The molecule has 0 heterocycles. The zero-order valence-corrected chi connectivity index (χ0v) is 13.3. The molecule has 0 bridgehead atoms. The minimum Gasteiger partial charge on any atom is -0.481 e. The summed E-state index contributed by atoms with van der Waals surface area (Å²) in [6, 6.07) is 2.67. The molecule has 0 unspecified atom stereocenters. The smallest absolute Gasteiger partial charge is 0.304 e. The predicted octanol–water partition coefficient (Wildman–Crippen LogP) is 2.71. The third-order valence-electron chi connectivity index (χ3n) is 2.29. The Hall–Kier alpha value is -0.730. The maximum Gasteiger partial charge on any atom is 0.304 e. The molecule has 0 radical (unpaired) electrons. The molecule has 0 aliphatic carbocycles. The van der Waals surface area contributed by atoms with Crippen LogP contribution >= 0.6 is 34.8 Å². The van der Waals surface area contributed by atoms with Gasteiger partial charge in [0.15, 0.2) is 0 Å². The van der Waals surface area contributed by atoms with Gasteiger partial charge in [0.1, 0.15) is 0 Å². The van der Waals surface area contributed by atoms with E-state index in [1.54, 1.807) is 0 Å². The monoisotopic (exact) mass is 360 g/mol. The molecule has 1 rings (SSSR count). The zero-order chi connectivity index (χ0) is 15.5. The van der Waals surface area contributed by atoms with Gasteiger partial charge in [-0.2, -0.15) is 12.7 Å². The number of halogens is 3. The maximum atomic E-state index is 12.0. The zero-order valence-electron chi connectivity index (χ0n) is 10.2. The van der Waals surface area contributed by atoms with Gasteiger partial charge in [-0.25, -0.2) is 0 Å². The van der Waals surface area contributed by atoms with E-state index in [2.05, 4.69) is 4.72 Å². The van der Waals surface area contributed by atoms with Gasteiger partial charge in [0, 0.05) is 18.6 Å². The van der Waals surface area contributed by atoms with Crippen LogP contribution in [0.3, 0.4) is 0 Å². The van der Waals surface area contributed by atoms with E-state index in [1.165, 1.54) is 19.2 Å². The fraction of sp³-hybridized carbons (Fsp3) is 0.300. The summed E-state index contributed by atoms with van der Waals surface area (Å²) in [7, 11) is -2.72. The fourth-order valence-corrected chi connectivity index (χ4v) is 3.21. The second-order valence-electron chi connectivity index (χ2n) is 3.82. The number of hydrogen-bond acceptors (Lipinski definition) is 3. The minimum absolute atomic E-state index is 0.0140. The van der Waals surface area contributed by atoms with E-state index in [0.717, 1.165) is 4.31 Å². The van der Waals surface area contributed by atoms with Gasteiger partial charge >= 0.3 is 16.2 Å². The summed E-state index contributed by atoms with van der Waals surface area (Å²) in [4.78, 5) is 10.4. The molecule has 20 heavy (non-hydrogen) atoms. The highest BCUT2D eigenvalue weighted by Crippen LogP contribution is 2.34. The van der Waals surface area contributed by atoms with E-state index in [1.807, 2.05) is 0 Å². The average molecular weight is 362 g/mol. The molecule has 0 saturated carbocycles. The van der Waals surface area contributed by atoms with Crippen molar-refractivity contribution in [1.29, 1.82) is 0 Å². The quantitative estimate of drug-likeness (QED) is 0.815. The van der Waals surface area contributed by atoms with Crippen LogP contribution in [0.15, 0.2) is 12.1 Å². The van der Waals surface area contributed by atoms with Gasteiger partial charge in [-0.15, -0.1) is 0 Å². The van der Waals surface area contributed by atoms with Gasteiger partial charge in [0.25, 0.3) is 0 Å². The molecular weight excluding hydrogens is 351 g/mol. The first-order valence-corrected chi connectivity index (χ1v) is 7.81. The number of carboxylic acid groups (broad SMARTS) is 1. The first kappa shape index (κ1) is 17.3. The lowest BCUT2D eigenvalue weighted by atomic mass is 10.3. The van der Waals surface area contributed by atoms with Crippen molar-refractivity contribution in [2.75, 3.05) is 18.3 Å². The molecule has 0 spiro atoms. The van der Waals surface area contributed by atoms with Crippen LogP contribution in [-0.2, 0) is 15.0 Å². The molecule has 2 N–H and O–H groups in total. The number of hydrogen-bond donors (Lipinski definition) is 2. The molecule has 0 amide bonds. The third kappa shape index (κ3) is 4.68. The van der Waals surface area contributed by atoms with E-state index in [4.69, 9.17) is 39.9 Å². The summed E-state index contributed by atoms with van der Waals surface area (Å²) in [5.41, 5.74) is -0.0140. The lowest BCUT2D eigenvalue weighted by Gasteiger charge is -2.18. The summed E-state index contributed by atoms with van der Waals surface area (Å²) in [6.45, 7) is -0.187. The van der Waals surface area contributed by atoms with Crippen molar-refractivity contribution in [3.05, 3.63) is 27.2 Å². The Balaban J connectivity index is 2.94. The van der Waals surface area contributed by atoms with Crippen LogP contribution < -0.4 is 4.72 Å².